The molecule has 0 heterocycles. The zero-order valence-electron chi connectivity index (χ0n) is 7.30. The number of hydrogen-bond acceptors (Lipinski definition) is 2. The van der Waals surface area contributed by atoms with Gasteiger partial charge in [-0.25, -0.2) is 0 Å². The maximum atomic E-state index is 8.13. The first-order chi connectivity index (χ1) is 5.68. The second-order valence-electron chi connectivity index (χ2n) is 2.94. The van der Waals surface area contributed by atoms with E-state index in [0.29, 0.717) is 12.3 Å². The Morgan fingerprint density at radius 3 is 1.83 bits per heavy atom. The van der Waals surface area contributed by atoms with Gasteiger partial charge < -0.3 is 0 Å². The minimum absolute atomic E-state index is 0.513. The van der Waals surface area contributed by atoms with Gasteiger partial charge in [-0.1, -0.05) is 29.7 Å². The van der Waals surface area contributed by atoms with E-state index in [-0.39, 0.29) is 0 Å². The molecule has 0 unspecified atom stereocenters. The van der Waals surface area contributed by atoms with E-state index in [1.54, 1.807) is 0 Å². The van der Waals surface area contributed by atoms with E-state index < -0.39 is 8.07 Å². The van der Waals surface area contributed by atoms with Gasteiger partial charge in [-0.05, 0) is 11.1 Å². The van der Waals surface area contributed by atoms with E-state index in [0.717, 1.165) is 6.04 Å². The van der Waals surface area contributed by atoms with Crippen molar-refractivity contribution in [2.75, 3.05) is 12.3 Å². The molecule has 0 aromatic carbocycles. The average Bonchev–Trinajstić information content (AvgIpc) is 2.11. The lowest BCUT2D eigenvalue weighted by Gasteiger charge is -2.20. The van der Waals surface area contributed by atoms with Crippen molar-refractivity contribution in [3.8, 4) is 0 Å². The lowest BCUT2D eigenvalue weighted by molar-refractivity contribution is 1.11. The molecule has 0 saturated carbocycles. The Kier molecular flexibility index (Phi) is 4.95. The van der Waals surface area contributed by atoms with Crippen LogP contribution in [0.4, 0.5) is 0 Å². The molecule has 6 nitrogen and oxygen atoms in total. The minimum atomic E-state index is -1.61. The van der Waals surface area contributed by atoms with Gasteiger partial charge >= 0.3 is 0 Å². The summed E-state index contributed by atoms with van der Waals surface area (Å²) in [6.45, 7) is 4.10. The largest absolute Gasteiger partial charge is 0.0969 e. The highest BCUT2D eigenvalue weighted by molar-refractivity contribution is 6.79. The van der Waals surface area contributed by atoms with Gasteiger partial charge in [0.15, 0.2) is 0 Å². The molecule has 0 N–H and O–H groups in total. The Morgan fingerprint density at radius 1 is 1.17 bits per heavy atom. The second kappa shape index (κ2) is 5.48. The third-order valence-corrected chi connectivity index (χ3v) is 5.40. The minimum Gasteiger partial charge on any atom is -0.0969 e. The third-order valence-electron chi connectivity index (χ3n) is 1.88. The molecule has 0 aliphatic heterocycles. The zero-order valence-corrected chi connectivity index (χ0v) is 8.30. The van der Waals surface area contributed by atoms with Crippen LogP contribution in [0.15, 0.2) is 10.2 Å². The topological polar surface area (TPSA) is 97.5 Å². The summed E-state index contributed by atoms with van der Waals surface area (Å²) >= 11 is 0. The molecule has 0 radical (unpaired) electrons. The van der Waals surface area contributed by atoms with Crippen LogP contribution < -0.4 is 0 Å². The van der Waals surface area contributed by atoms with E-state index in [9.17, 15) is 0 Å². The molecule has 0 rings (SSSR count). The number of azide groups is 2. The maximum absolute atomic E-state index is 8.13. The van der Waals surface area contributed by atoms with Gasteiger partial charge in [0.2, 0.25) is 0 Å². The summed E-state index contributed by atoms with van der Waals surface area (Å²) in [7, 11) is -1.61. The molecule has 0 aromatic rings. The van der Waals surface area contributed by atoms with Gasteiger partial charge in [0.1, 0.15) is 0 Å². The highest BCUT2D eigenvalue weighted by Gasteiger charge is 2.22. The van der Waals surface area contributed by atoms with Crippen LogP contribution >= 0.6 is 0 Å². The molecule has 0 fully saturated rings. The molecule has 0 amide bonds. The van der Waals surface area contributed by atoms with Gasteiger partial charge in [0.25, 0.3) is 0 Å². The molecule has 0 aromatic heterocycles. The predicted molar refractivity (Wildman–Crippen MR) is 50.1 cm³/mol. The van der Waals surface area contributed by atoms with Crippen molar-refractivity contribution in [3.05, 3.63) is 20.9 Å². The van der Waals surface area contributed by atoms with Crippen LogP contribution in [0.2, 0.25) is 12.6 Å². The van der Waals surface area contributed by atoms with Crippen LogP contribution in [0.1, 0.15) is 6.92 Å². The molecule has 66 valence electrons. The zero-order chi connectivity index (χ0) is 9.45. The molecule has 7 heteroatoms. The Labute approximate surface area is 71.8 Å². The fourth-order valence-electron chi connectivity index (χ4n) is 0.678. The molecule has 0 saturated heterocycles. The summed E-state index contributed by atoms with van der Waals surface area (Å²) in [5, 5.41) is 7.05. The Hall–Kier alpha value is -1.16. The molecule has 0 spiro atoms. The van der Waals surface area contributed by atoms with E-state index >= 15 is 0 Å². The molecule has 12 heavy (non-hydrogen) atoms. The quantitative estimate of drug-likeness (QED) is 0.272. The predicted octanol–water partition coefficient (Wildman–Crippen LogP) is 2.78. The van der Waals surface area contributed by atoms with E-state index in [1.165, 1.54) is 0 Å². The van der Waals surface area contributed by atoms with Gasteiger partial charge in [-0.2, -0.15) is 0 Å². The van der Waals surface area contributed by atoms with Gasteiger partial charge in [-0.3, -0.25) is 0 Å². The Balaban J connectivity index is 4.21. The molecule has 0 atom stereocenters. The Bertz CT molecular complexity index is 206. The van der Waals surface area contributed by atoms with Crippen LogP contribution in [0.5, 0.6) is 0 Å². The van der Waals surface area contributed by atoms with Crippen molar-refractivity contribution in [2.45, 2.75) is 19.5 Å². The van der Waals surface area contributed by atoms with Crippen molar-refractivity contribution in [2.24, 2.45) is 10.2 Å². The normalized spacial score (nSPS) is 13.8. The first-order valence-corrected chi connectivity index (χ1v) is 6.82. The number of rotatable bonds is 5. The van der Waals surface area contributed by atoms with E-state index in [2.05, 4.69) is 26.6 Å². The molecular formula is C5H12N6Si. The summed E-state index contributed by atoms with van der Waals surface area (Å²) in [6.07, 6.45) is 1.03. The summed E-state index contributed by atoms with van der Waals surface area (Å²) in [5.41, 5.74) is 16.3. The van der Waals surface area contributed by atoms with E-state index in [1.807, 2.05) is 6.92 Å². The van der Waals surface area contributed by atoms with Crippen LogP contribution in [0.3, 0.4) is 0 Å². The summed E-state index contributed by atoms with van der Waals surface area (Å²) in [4.78, 5) is 5.40. The lowest BCUT2D eigenvalue weighted by atomic mass is 11.0. The van der Waals surface area contributed by atoms with Crippen LogP contribution in [-0.2, 0) is 0 Å². The maximum Gasteiger partial charge on any atom is 0.0637 e. The van der Waals surface area contributed by atoms with Crippen molar-refractivity contribution < 1.29 is 0 Å². The SMILES string of the molecule is CC[Si](C)(CN=[N+]=[N-])CN=[N+]=[N-]. The van der Waals surface area contributed by atoms with Crippen LogP contribution in [-0.4, -0.2) is 20.4 Å². The van der Waals surface area contributed by atoms with Crippen molar-refractivity contribution in [3.63, 3.8) is 0 Å². The smallest absolute Gasteiger partial charge is 0.0637 e. The summed E-state index contributed by atoms with van der Waals surface area (Å²) in [5.74, 6) is 0. The number of hydrogen-bond donors (Lipinski definition) is 0. The molecular weight excluding hydrogens is 172 g/mol. The third kappa shape index (κ3) is 3.87. The van der Waals surface area contributed by atoms with Crippen molar-refractivity contribution in [1.29, 1.82) is 0 Å². The van der Waals surface area contributed by atoms with Crippen molar-refractivity contribution in [1.82, 2.24) is 0 Å². The fourth-order valence-corrected chi connectivity index (χ4v) is 2.03. The average molecular weight is 184 g/mol. The van der Waals surface area contributed by atoms with Gasteiger partial charge in [0.05, 0.1) is 8.07 Å². The molecule has 0 aliphatic carbocycles. The van der Waals surface area contributed by atoms with Crippen LogP contribution in [0.25, 0.3) is 20.9 Å². The standard InChI is InChI=1S/C5H12N6Si/c1-3-12(2,4-8-10-6)5-9-11-7/h3-5H2,1-2H3. The first kappa shape index (κ1) is 10.8. The second-order valence-corrected chi connectivity index (χ2v) is 7.90. The summed E-state index contributed by atoms with van der Waals surface area (Å²) < 4.78 is 0. The Morgan fingerprint density at radius 2 is 1.58 bits per heavy atom. The van der Waals surface area contributed by atoms with Crippen molar-refractivity contribution >= 4 is 8.07 Å². The number of nitrogens with zero attached hydrogens (tertiary/aromatic N) is 6. The monoisotopic (exact) mass is 184 g/mol. The van der Waals surface area contributed by atoms with Gasteiger partial charge in [-0.15, -0.1) is 0 Å². The highest BCUT2D eigenvalue weighted by atomic mass is 28.3. The van der Waals surface area contributed by atoms with E-state index in [4.69, 9.17) is 11.1 Å². The summed E-state index contributed by atoms with van der Waals surface area (Å²) in [6, 6.07) is 0.963. The molecule has 0 bridgehead atoms. The highest BCUT2D eigenvalue weighted by Crippen LogP contribution is 2.10. The van der Waals surface area contributed by atoms with Crippen LogP contribution in [0, 0.1) is 0 Å². The fraction of sp³-hybridized carbons (Fsp3) is 1.00. The lowest BCUT2D eigenvalue weighted by Crippen LogP contribution is -2.37. The first-order valence-electron chi connectivity index (χ1n) is 3.70. The molecule has 0 aliphatic rings. The van der Waals surface area contributed by atoms with Gasteiger partial charge in [0, 0.05) is 22.2 Å².